The first-order chi connectivity index (χ1) is 5.85. The van der Waals surface area contributed by atoms with Crippen LogP contribution in [-0.2, 0) is 4.74 Å². The summed E-state index contributed by atoms with van der Waals surface area (Å²) in [5, 5.41) is 9.09. The van der Waals surface area contributed by atoms with Crippen LogP contribution in [0.1, 0.15) is 0 Å². The first-order valence-corrected chi connectivity index (χ1v) is 3.91. The van der Waals surface area contributed by atoms with Crippen LogP contribution in [0.25, 0.3) is 0 Å². The second kappa shape index (κ2) is 5.46. The van der Waals surface area contributed by atoms with Crippen molar-refractivity contribution in [2.24, 2.45) is 0 Å². The fourth-order valence-electron chi connectivity index (χ4n) is 1.03. The van der Waals surface area contributed by atoms with E-state index < -0.39 is 19.5 Å². The van der Waals surface area contributed by atoms with Crippen LogP contribution in [0.2, 0.25) is 0 Å². The lowest BCUT2D eigenvalue weighted by Gasteiger charge is -2.25. The predicted molar refractivity (Wildman–Crippen MR) is 44.5 cm³/mol. The Morgan fingerprint density at radius 1 is 1.46 bits per heavy atom. The summed E-state index contributed by atoms with van der Waals surface area (Å²) in [7, 11) is 2.70. The highest BCUT2D eigenvalue weighted by molar-refractivity contribution is 6.58. The van der Waals surface area contributed by atoms with Crippen LogP contribution in [-0.4, -0.2) is 56.8 Å². The van der Waals surface area contributed by atoms with Crippen LogP contribution in [0.5, 0.6) is 0 Å². The lowest BCUT2D eigenvalue weighted by Crippen LogP contribution is -2.40. The molecule has 0 rings (SSSR count). The Hall–Kier alpha value is -0.265. The second-order valence-electron chi connectivity index (χ2n) is 3.04. The van der Waals surface area contributed by atoms with Gasteiger partial charge in [0.05, 0.1) is 12.7 Å². The molecule has 3 nitrogen and oxygen atoms in total. The molecule has 1 unspecified atom stereocenters. The molecule has 80 valence electrons. The zero-order valence-corrected chi connectivity index (χ0v) is 7.71. The van der Waals surface area contributed by atoms with Crippen LogP contribution in [0.4, 0.5) is 12.9 Å². The topological polar surface area (TPSA) is 32.7 Å². The lowest BCUT2D eigenvalue weighted by atomic mass is 9.91. The highest BCUT2D eigenvalue weighted by Crippen LogP contribution is 2.09. The summed E-state index contributed by atoms with van der Waals surface area (Å²) in [4.78, 5) is 1.03. The van der Waals surface area contributed by atoms with Crippen molar-refractivity contribution >= 4 is 6.98 Å². The van der Waals surface area contributed by atoms with Crippen LogP contribution >= 0.6 is 0 Å². The van der Waals surface area contributed by atoms with E-state index in [0.717, 1.165) is 4.90 Å². The normalized spacial score (nSPS) is 15.0. The molecule has 13 heavy (non-hydrogen) atoms. The number of hydrogen-bond donors (Lipinski definition) is 1. The zero-order chi connectivity index (χ0) is 10.5. The van der Waals surface area contributed by atoms with Gasteiger partial charge in [0.25, 0.3) is 0 Å². The maximum atomic E-state index is 11.9. The molecule has 0 aliphatic carbocycles. The van der Waals surface area contributed by atoms with E-state index >= 15 is 0 Å². The van der Waals surface area contributed by atoms with Gasteiger partial charge < -0.3 is 27.7 Å². The smallest absolute Gasteiger partial charge is 0.448 e. The Kier molecular flexibility index (Phi) is 5.35. The molecule has 0 aromatic rings. The Labute approximate surface area is 75.5 Å². The van der Waals surface area contributed by atoms with Gasteiger partial charge in [0, 0.05) is 13.7 Å². The van der Waals surface area contributed by atoms with E-state index in [1.807, 2.05) is 0 Å². The lowest BCUT2D eigenvalue weighted by molar-refractivity contribution is 0.0450. The van der Waals surface area contributed by atoms with Gasteiger partial charge in [-0.2, -0.15) is 0 Å². The molecule has 0 fully saturated rings. The molecule has 0 aliphatic heterocycles. The number of methoxy groups -OCH3 is 1. The van der Waals surface area contributed by atoms with Crippen molar-refractivity contribution in [3.8, 4) is 0 Å². The average Bonchev–Trinajstić information content (AvgIpc) is 1.81. The van der Waals surface area contributed by atoms with E-state index in [1.54, 1.807) is 0 Å². The highest BCUT2D eigenvalue weighted by Gasteiger charge is 2.25. The van der Waals surface area contributed by atoms with Crippen molar-refractivity contribution < 1.29 is 22.8 Å². The number of halogens is 3. The Bertz CT molecular complexity index is 144. The van der Waals surface area contributed by atoms with E-state index in [9.17, 15) is 12.9 Å². The zero-order valence-electron chi connectivity index (χ0n) is 7.71. The van der Waals surface area contributed by atoms with Gasteiger partial charge in [-0.25, -0.2) is 0 Å². The summed E-state index contributed by atoms with van der Waals surface area (Å²) in [5.41, 5.74) is 0. The number of nitrogens with zero attached hydrogens (tertiary/aromatic N) is 1. The molecule has 0 aromatic carbocycles. The van der Waals surface area contributed by atoms with Crippen molar-refractivity contribution in [2.45, 2.75) is 6.10 Å². The molecular formula is C6H14BF3NO2-. The molecular weight excluding hydrogens is 186 g/mol. The largest absolute Gasteiger partial charge is 0.492 e. The summed E-state index contributed by atoms with van der Waals surface area (Å²) in [5.74, 6) is 0. The minimum absolute atomic E-state index is 0.0326. The predicted octanol–water partition coefficient (Wildman–Crippen LogP) is 0.312. The van der Waals surface area contributed by atoms with Gasteiger partial charge in [0.1, 0.15) is 0 Å². The fourth-order valence-corrected chi connectivity index (χ4v) is 1.03. The van der Waals surface area contributed by atoms with Crippen LogP contribution in [0.15, 0.2) is 0 Å². The number of ether oxygens (including phenoxy) is 1. The molecule has 1 N–H and O–H groups in total. The molecule has 0 spiro atoms. The molecule has 0 bridgehead atoms. The quantitative estimate of drug-likeness (QED) is 0.626. The Morgan fingerprint density at radius 2 is 2.00 bits per heavy atom. The summed E-state index contributed by atoms with van der Waals surface area (Å²) in [6.45, 7) is -4.79. The molecule has 0 radical (unpaired) electrons. The minimum Gasteiger partial charge on any atom is -0.448 e. The standard InChI is InChI=1S/C6H14BF3NO2/c1-11(5-7(8,9)10)3-6(12)4-13-2/h6,12H,3-5H2,1-2H3/q-1. The summed E-state index contributed by atoms with van der Waals surface area (Å²) in [6, 6.07) is 0. The summed E-state index contributed by atoms with van der Waals surface area (Å²) < 4.78 is 40.1. The third kappa shape index (κ3) is 8.08. The van der Waals surface area contributed by atoms with E-state index in [2.05, 4.69) is 4.74 Å². The van der Waals surface area contributed by atoms with Crippen LogP contribution < -0.4 is 0 Å². The van der Waals surface area contributed by atoms with Gasteiger partial charge in [0.2, 0.25) is 0 Å². The van der Waals surface area contributed by atoms with Gasteiger partial charge in [-0.15, -0.1) is 0 Å². The van der Waals surface area contributed by atoms with Gasteiger partial charge >= 0.3 is 6.98 Å². The van der Waals surface area contributed by atoms with Crippen molar-refractivity contribution in [3.63, 3.8) is 0 Å². The van der Waals surface area contributed by atoms with Gasteiger partial charge in [0.15, 0.2) is 0 Å². The van der Waals surface area contributed by atoms with Gasteiger partial charge in [-0.3, -0.25) is 0 Å². The third-order valence-electron chi connectivity index (χ3n) is 1.40. The van der Waals surface area contributed by atoms with Crippen molar-refractivity contribution in [2.75, 3.05) is 33.8 Å². The fraction of sp³-hybridized carbons (Fsp3) is 1.00. The van der Waals surface area contributed by atoms with E-state index in [1.165, 1.54) is 14.2 Å². The number of aliphatic hydroxyl groups is 1. The minimum atomic E-state index is -4.81. The van der Waals surface area contributed by atoms with Crippen molar-refractivity contribution in [1.29, 1.82) is 0 Å². The molecule has 0 aliphatic rings. The van der Waals surface area contributed by atoms with Crippen molar-refractivity contribution in [3.05, 3.63) is 0 Å². The Balaban J connectivity index is 3.67. The molecule has 0 aromatic heterocycles. The molecule has 0 saturated heterocycles. The average molecular weight is 200 g/mol. The maximum Gasteiger partial charge on any atom is 0.492 e. The van der Waals surface area contributed by atoms with Crippen LogP contribution in [0, 0.1) is 0 Å². The van der Waals surface area contributed by atoms with E-state index in [-0.39, 0.29) is 13.2 Å². The highest BCUT2D eigenvalue weighted by atomic mass is 19.4. The molecule has 1 atom stereocenters. The van der Waals surface area contributed by atoms with Gasteiger partial charge in [-0.05, 0) is 13.5 Å². The first kappa shape index (κ1) is 12.7. The Morgan fingerprint density at radius 3 is 2.38 bits per heavy atom. The van der Waals surface area contributed by atoms with Crippen molar-refractivity contribution in [1.82, 2.24) is 4.90 Å². The van der Waals surface area contributed by atoms with E-state index in [4.69, 9.17) is 5.11 Å². The summed E-state index contributed by atoms with van der Waals surface area (Å²) in [6.07, 6.45) is -1.83. The number of hydrogen-bond acceptors (Lipinski definition) is 3. The third-order valence-corrected chi connectivity index (χ3v) is 1.40. The SMILES string of the molecule is COCC(O)CN(C)C[B-](F)(F)F. The molecule has 0 saturated carbocycles. The van der Waals surface area contributed by atoms with Gasteiger partial charge in [-0.1, -0.05) is 0 Å². The summed E-state index contributed by atoms with van der Waals surface area (Å²) >= 11 is 0. The number of aliphatic hydroxyl groups excluding tert-OH is 1. The molecule has 0 amide bonds. The van der Waals surface area contributed by atoms with E-state index in [0.29, 0.717) is 0 Å². The maximum absolute atomic E-state index is 11.9. The monoisotopic (exact) mass is 200 g/mol. The van der Waals surface area contributed by atoms with Crippen LogP contribution in [0.3, 0.4) is 0 Å². The number of rotatable bonds is 6. The second-order valence-corrected chi connectivity index (χ2v) is 3.04. The number of likely N-dealkylation sites (N-methyl/N-ethyl adjacent to an activating group) is 1. The molecule has 7 heteroatoms. The molecule has 0 heterocycles. The first-order valence-electron chi connectivity index (χ1n) is 3.91.